The second-order valence-corrected chi connectivity index (χ2v) is 9.35. The molecule has 0 bridgehead atoms. The summed E-state index contributed by atoms with van der Waals surface area (Å²) in [6, 6.07) is 20.2. The van der Waals surface area contributed by atoms with E-state index in [9.17, 15) is 4.79 Å². The highest BCUT2D eigenvalue weighted by atomic mass is 16.5. The van der Waals surface area contributed by atoms with Gasteiger partial charge in [-0.3, -0.25) is 4.98 Å². The van der Waals surface area contributed by atoms with Gasteiger partial charge in [-0.05, 0) is 66.6 Å². The van der Waals surface area contributed by atoms with Crippen LogP contribution in [-0.4, -0.2) is 17.6 Å². The van der Waals surface area contributed by atoms with Crippen molar-refractivity contribution in [3.8, 4) is 16.9 Å². The molecule has 192 valence electrons. The van der Waals surface area contributed by atoms with Crippen molar-refractivity contribution >= 4 is 5.97 Å². The normalized spacial score (nSPS) is 11.8. The van der Waals surface area contributed by atoms with Crippen molar-refractivity contribution in [1.82, 2.24) is 4.98 Å². The average molecular weight is 488 g/mol. The van der Waals surface area contributed by atoms with E-state index in [-0.39, 0.29) is 12.1 Å². The minimum Gasteiger partial charge on any atom is -0.494 e. The van der Waals surface area contributed by atoms with Crippen LogP contribution in [0.5, 0.6) is 5.75 Å². The fourth-order valence-corrected chi connectivity index (χ4v) is 4.19. The Bertz CT molecular complexity index is 1030. The van der Waals surface area contributed by atoms with Gasteiger partial charge < -0.3 is 9.47 Å². The van der Waals surface area contributed by atoms with Crippen LogP contribution in [0.3, 0.4) is 0 Å². The Morgan fingerprint density at radius 3 is 2.06 bits per heavy atom. The maximum atomic E-state index is 12.8. The number of carbonyl (C=O) groups is 1. The lowest BCUT2D eigenvalue weighted by Crippen LogP contribution is -2.11. The number of rotatable bonds is 15. The second-order valence-electron chi connectivity index (χ2n) is 9.35. The van der Waals surface area contributed by atoms with Crippen LogP contribution < -0.4 is 4.74 Å². The molecule has 0 aliphatic rings. The van der Waals surface area contributed by atoms with Crippen LogP contribution in [0.2, 0.25) is 0 Å². The summed E-state index contributed by atoms with van der Waals surface area (Å²) < 4.78 is 11.7. The molecular weight excluding hydrogens is 446 g/mol. The van der Waals surface area contributed by atoms with Gasteiger partial charge in [-0.2, -0.15) is 0 Å². The molecule has 4 nitrogen and oxygen atoms in total. The number of esters is 1. The molecule has 0 N–H and O–H groups in total. The van der Waals surface area contributed by atoms with Crippen LogP contribution in [0.1, 0.15) is 99.9 Å². The predicted octanol–water partition coefficient (Wildman–Crippen LogP) is 8.75. The van der Waals surface area contributed by atoms with Crippen molar-refractivity contribution in [1.29, 1.82) is 0 Å². The zero-order valence-corrected chi connectivity index (χ0v) is 22.2. The molecule has 0 saturated heterocycles. The number of unbranched alkanes of at least 4 members (excludes halogenated alkanes) is 5. The van der Waals surface area contributed by atoms with E-state index >= 15 is 0 Å². The number of hydrogen-bond acceptors (Lipinski definition) is 4. The first-order valence-corrected chi connectivity index (χ1v) is 13.6. The average Bonchev–Trinajstić information content (AvgIpc) is 2.93. The van der Waals surface area contributed by atoms with Crippen molar-refractivity contribution in [2.45, 2.75) is 84.7 Å². The van der Waals surface area contributed by atoms with Gasteiger partial charge in [-0.15, -0.1) is 0 Å². The molecule has 2 aromatic carbocycles. The summed E-state index contributed by atoms with van der Waals surface area (Å²) in [4.78, 5) is 17.2. The van der Waals surface area contributed by atoms with Gasteiger partial charge >= 0.3 is 5.97 Å². The molecule has 3 aromatic rings. The predicted molar refractivity (Wildman–Crippen MR) is 147 cm³/mol. The van der Waals surface area contributed by atoms with Gasteiger partial charge in [-0.25, -0.2) is 4.79 Å². The summed E-state index contributed by atoms with van der Waals surface area (Å²) in [7, 11) is 0. The Hall–Kier alpha value is -3.14. The first-order chi connectivity index (χ1) is 17.6. The van der Waals surface area contributed by atoms with Crippen molar-refractivity contribution < 1.29 is 14.3 Å². The van der Waals surface area contributed by atoms with Crippen LogP contribution >= 0.6 is 0 Å². The third-order valence-corrected chi connectivity index (χ3v) is 6.45. The number of ether oxygens (including phenoxy) is 2. The van der Waals surface area contributed by atoms with Gasteiger partial charge in [0.2, 0.25) is 0 Å². The smallest absolute Gasteiger partial charge is 0.340 e. The summed E-state index contributed by atoms with van der Waals surface area (Å²) in [5.41, 5.74) is 4.77. The summed E-state index contributed by atoms with van der Waals surface area (Å²) in [6.07, 6.45) is 11.3. The fraction of sp³-hybridized carbons (Fsp3) is 0.438. The van der Waals surface area contributed by atoms with Crippen LogP contribution in [-0.2, 0) is 11.2 Å². The third-order valence-electron chi connectivity index (χ3n) is 6.45. The maximum absolute atomic E-state index is 12.8. The molecule has 0 aliphatic carbocycles. The van der Waals surface area contributed by atoms with Gasteiger partial charge in [-0.1, -0.05) is 89.3 Å². The topological polar surface area (TPSA) is 48.4 Å². The highest BCUT2D eigenvalue weighted by molar-refractivity contribution is 5.89. The summed E-state index contributed by atoms with van der Waals surface area (Å²) in [5, 5.41) is 0. The molecule has 0 fully saturated rings. The summed E-state index contributed by atoms with van der Waals surface area (Å²) >= 11 is 0. The lowest BCUT2D eigenvalue weighted by molar-refractivity contribution is 0.0287. The van der Waals surface area contributed by atoms with Crippen molar-refractivity contribution in [2.75, 3.05) is 6.61 Å². The van der Waals surface area contributed by atoms with E-state index in [0.29, 0.717) is 12.0 Å². The zero-order valence-electron chi connectivity index (χ0n) is 22.2. The number of aryl methyl sites for hydroxylation is 1. The fourth-order valence-electron chi connectivity index (χ4n) is 4.19. The van der Waals surface area contributed by atoms with Crippen LogP contribution in [0, 0.1) is 0 Å². The third kappa shape index (κ3) is 8.51. The lowest BCUT2D eigenvalue weighted by Gasteiger charge is -2.17. The van der Waals surface area contributed by atoms with Gasteiger partial charge in [0.05, 0.1) is 12.2 Å². The Morgan fingerprint density at radius 1 is 0.778 bits per heavy atom. The summed E-state index contributed by atoms with van der Waals surface area (Å²) in [5.74, 6) is 0.578. The lowest BCUT2D eigenvalue weighted by atomic mass is 10.0. The number of nitrogens with zero attached hydrogens (tertiary/aromatic N) is 1. The Labute approximate surface area is 217 Å². The minimum absolute atomic E-state index is 0.292. The first-order valence-electron chi connectivity index (χ1n) is 13.6. The molecule has 0 aliphatic heterocycles. The highest BCUT2D eigenvalue weighted by Crippen LogP contribution is 2.27. The van der Waals surface area contributed by atoms with Crippen molar-refractivity contribution in [3.63, 3.8) is 0 Å². The minimum atomic E-state index is -0.328. The number of hydrogen-bond donors (Lipinski definition) is 0. The van der Waals surface area contributed by atoms with E-state index in [1.54, 1.807) is 6.20 Å². The van der Waals surface area contributed by atoms with Crippen LogP contribution in [0.25, 0.3) is 11.1 Å². The second kappa shape index (κ2) is 15.1. The van der Waals surface area contributed by atoms with E-state index < -0.39 is 0 Å². The molecule has 3 rings (SSSR count). The number of aromatic nitrogens is 1. The van der Waals surface area contributed by atoms with Crippen molar-refractivity contribution in [2.24, 2.45) is 0 Å². The zero-order chi connectivity index (χ0) is 25.6. The molecule has 0 saturated carbocycles. The first kappa shape index (κ1) is 27.4. The van der Waals surface area contributed by atoms with Gasteiger partial charge in [0.25, 0.3) is 0 Å². The molecule has 0 spiro atoms. The number of pyridine rings is 1. The molecule has 0 amide bonds. The van der Waals surface area contributed by atoms with Crippen LogP contribution in [0.15, 0.2) is 66.9 Å². The largest absolute Gasteiger partial charge is 0.494 e. The Kier molecular flexibility index (Phi) is 11.5. The standard InChI is InChI=1S/C32H41NO3/c1-4-7-9-10-12-29-20-17-28(24-33-29)32(34)36-31(6-3)27-15-13-25(14-16-27)26-18-21-30(22-19-26)35-23-11-8-5-2/h13-22,24,31H,4-12,23H2,1-3H3. The van der Waals surface area contributed by atoms with Crippen LogP contribution in [0.4, 0.5) is 0 Å². The molecule has 1 heterocycles. The van der Waals surface area contributed by atoms with E-state index in [0.717, 1.165) is 54.0 Å². The van der Waals surface area contributed by atoms with E-state index in [2.05, 4.69) is 43.1 Å². The molecule has 0 radical (unpaired) electrons. The summed E-state index contributed by atoms with van der Waals surface area (Å²) in [6.45, 7) is 7.20. The van der Waals surface area contributed by atoms with E-state index in [1.807, 2.05) is 43.3 Å². The highest BCUT2D eigenvalue weighted by Gasteiger charge is 2.17. The molecule has 36 heavy (non-hydrogen) atoms. The monoisotopic (exact) mass is 487 g/mol. The molecule has 4 heteroatoms. The number of carbonyl (C=O) groups excluding carboxylic acids is 1. The quantitative estimate of drug-likeness (QED) is 0.159. The molecule has 1 aromatic heterocycles. The van der Waals surface area contributed by atoms with Gasteiger partial charge in [0.15, 0.2) is 0 Å². The van der Waals surface area contributed by atoms with E-state index in [4.69, 9.17) is 9.47 Å². The SMILES string of the molecule is CCCCCCc1ccc(C(=O)OC(CC)c2ccc(-c3ccc(OCCCCC)cc3)cc2)cn1. The Balaban J connectivity index is 1.55. The molecular formula is C32H41NO3. The van der Waals surface area contributed by atoms with Crippen molar-refractivity contribution in [3.05, 3.63) is 83.7 Å². The Morgan fingerprint density at radius 2 is 1.44 bits per heavy atom. The van der Waals surface area contributed by atoms with E-state index in [1.165, 1.54) is 32.1 Å². The maximum Gasteiger partial charge on any atom is 0.340 e. The molecule has 1 atom stereocenters. The van der Waals surface area contributed by atoms with Gasteiger partial charge in [0, 0.05) is 11.9 Å². The van der Waals surface area contributed by atoms with Gasteiger partial charge in [0.1, 0.15) is 11.9 Å². The number of benzene rings is 2. The molecule has 1 unspecified atom stereocenters.